The number of rotatable bonds is 10. The first-order valence-corrected chi connectivity index (χ1v) is 14.5. The van der Waals surface area contributed by atoms with Crippen molar-refractivity contribution in [1.29, 1.82) is 0 Å². The fraction of sp³-hybridized carbons (Fsp3) is 0.294. The monoisotopic (exact) mass is 596 g/mol. The van der Waals surface area contributed by atoms with Gasteiger partial charge >= 0.3 is 11.9 Å². The number of hydrogen-bond acceptors (Lipinski definition) is 8. The van der Waals surface area contributed by atoms with E-state index in [9.17, 15) is 28.8 Å². The number of nitrogens with zero attached hydrogens (tertiary/aromatic N) is 2. The van der Waals surface area contributed by atoms with Crippen LogP contribution in [0, 0.1) is 11.8 Å². The summed E-state index contributed by atoms with van der Waals surface area (Å²) >= 11 is 0. The van der Waals surface area contributed by atoms with Gasteiger partial charge in [0, 0.05) is 0 Å². The molecule has 226 valence electrons. The maximum Gasteiger partial charge on any atom is 0.338 e. The molecule has 0 aliphatic heterocycles. The minimum Gasteiger partial charge on any atom is -0.462 e. The summed E-state index contributed by atoms with van der Waals surface area (Å²) in [5, 5.41) is -0.0244. The van der Waals surface area contributed by atoms with E-state index in [4.69, 9.17) is 9.47 Å². The van der Waals surface area contributed by atoms with Gasteiger partial charge in [0.25, 0.3) is 22.2 Å². The zero-order chi connectivity index (χ0) is 31.7. The predicted octanol–water partition coefficient (Wildman–Crippen LogP) is 4.30. The van der Waals surface area contributed by atoms with Crippen LogP contribution in [0.15, 0.2) is 79.8 Å². The number of benzene rings is 3. The van der Waals surface area contributed by atoms with Crippen LogP contribution in [0.2, 0.25) is 0 Å². The van der Waals surface area contributed by atoms with E-state index in [-0.39, 0.29) is 57.3 Å². The Labute approximate surface area is 251 Å². The van der Waals surface area contributed by atoms with Gasteiger partial charge in [-0.3, -0.25) is 19.2 Å². The first kappa shape index (κ1) is 30.3. The molecular weight excluding hydrogens is 564 g/mol. The fourth-order valence-corrected chi connectivity index (χ4v) is 4.88. The first-order valence-electron chi connectivity index (χ1n) is 14.5. The van der Waals surface area contributed by atoms with Crippen molar-refractivity contribution < 1.29 is 19.1 Å². The molecule has 0 unspecified atom stereocenters. The van der Waals surface area contributed by atoms with Gasteiger partial charge in [-0.25, -0.2) is 18.7 Å². The highest BCUT2D eigenvalue weighted by atomic mass is 16.5. The molecule has 5 aromatic rings. The summed E-state index contributed by atoms with van der Waals surface area (Å²) in [4.78, 5) is 78.0. The van der Waals surface area contributed by atoms with Crippen LogP contribution in [0.3, 0.4) is 0 Å². The Morgan fingerprint density at radius 1 is 0.545 bits per heavy atom. The number of esters is 2. The van der Waals surface area contributed by atoms with E-state index in [1.165, 1.54) is 60.7 Å². The lowest BCUT2D eigenvalue weighted by Gasteiger charge is -2.07. The molecule has 0 aliphatic rings. The van der Waals surface area contributed by atoms with E-state index < -0.39 is 34.2 Å². The molecule has 10 heteroatoms. The number of ether oxygens (including phenoxy) is 2. The van der Waals surface area contributed by atoms with E-state index in [0.717, 1.165) is 22.0 Å². The standard InChI is InChI=1S/C34H32N2O8/c1-19(2)13-15-43-33(41)21-5-9-23(10-6-21)35-29(37)25-17-27-28(18-26(25)30(35)38)32(40)36(31(27)39)24-11-7-22(8-12-24)34(42)44-16-14-20(3)4/h5-12,17-20H,13-16H2,1-4H3. The Hall–Kier alpha value is -5.12. The first-order chi connectivity index (χ1) is 21.0. The lowest BCUT2D eigenvalue weighted by molar-refractivity contribution is 0.0478. The molecule has 5 rings (SSSR count). The zero-order valence-electron chi connectivity index (χ0n) is 24.9. The highest BCUT2D eigenvalue weighted by Gasteiger charge is 2.21. The van der Waals surface area contributed by atoms with Crippen molar-refractivity contribution in [1.82, 2.24) is 9.13 Å². The fourth-order valence-electron chi connectivity index (χ4n) is 4.88. The van der Waals surface area contributed by atoms with Crippen LogP contribution in [0.4, 0.5) is 0 Å². The number of hydrogen-bond donors (Lipinski definition) is 0. The molecule has 2 aromatic heterocycles. The molecular formula is C34H32N2O8. The predicted molar refractivity (Wildman–Crippen MR) is 167 cm³/mol. The van der Waals surface area contributed by atoms with Crippen LogP contribution >= 0.6 is 0 Å². The van der Waals surface area contributed by atoms with Crippen molar-refractivity contribution in [2.24, 2.45) is 11.8 Å². The third-order valence-corrected chi connectivity index (χ3v) is 7.47. The van der Waals surface area contributed by atoms with E-state index in [0.29, 0.717) is 11.8 Å². The summed E-state index contributed by atoms with van der Waals surface area (Å²) in [6, 6.07) is 14.3. The van der Waals surface area contributed by atoms with E-state index in [1.54, 1.807) is 0 Å². The molecule has 44 heavy (non-hydrogen) atoms. The molecule has 2 heterocycles. The van der Waals surface area contributed by atoms with Crippen molar-refractivity contribution in [3.05, 3.63) is 113 Å². The maximum atomic E-state index is 13.3. The smallest absolute Gasteiger partial charge is 0.338 e. The summed E-state index contributed by atoms with van der Waals surface area (Å²) in [5.74, 6) is -0.239. The summed E-state index contributed by atoms with van der Waals surface area (Å²) in [5.41, 5.74) is -1.59. The number of aromatic nitrogens is 2. The summed E-state index contributed by atoms with van der Waals surface area (Å²) < 4.78 is 12.4. The maximum absolute atomic E-state index is 13.3. The quantitative estimate of drug-likeness (QED) is 0.218. The minimum absolute atomic E-state index is 0.00610. The Balaban J connectivity index is 1.46. The second kappa shape index (κ2) is 12.2. The SMILES string of the molecule is CC(C)CCOC(=O)c1ccc(-n2c(=O)c3cc4c(=O)n(-c5ccc(C(=O)OCCC(C)C)cc5)c(=O)c4cc3c2=O)cc1. The van der Waals surface area contributed by atoms with Crippen molar-refractivity contribution in [3.63, 3.8) is 0 Å². The van der Waals surface area contributed by atoms with E-state index in [2.05, 4.69) is 0 Å². The lowest BCUT2D eigenvalue weighted by atomic mass is 10.1. The third-order valence-electron chi connectivity index (χ3n) is 7.47. The molecule has 10 nitrogen and oxygen atoms in total. The van der Waals surface area contributed by atoms with Crippen LogP contribution < -0.4 is 22.2 Å². The summed E-state index contributed by atoms with van der Waals surface area (Å²) in [6.45, 7) is 8.67. The highest BCUT2D eigenvalue weighted by molar-refractivity contribution is 5.98. The van der Waals surface area contributed by atoms with E-state index in [1.807, 2.05) is 27.7 Å². The van der Waals surface area contributed by atoms with Gasteiger partial charge in [0.2, 0.25) is 0 Å². The lowest BCUT2D eigenvalue weighted by Crippen LogP contribution is -2.24. The molecule has 0 fully saturated rings. The van der Waals surface area contributed by atoms with Crippen LogP contribution in [0.1, 0.15) is 61.3 Å². The zero-order valence-corrected chi connectivity index (χ0v) is 24.9. The molecule has 0 amide bonds. The molecule has 0 saturated carbocycles. The summed E-state index contributed by atoms with van der Waals surface area (Å²) in [6.07, 6.45) is 1.46. The van der Waals surface area contributed by atoms with Crippen molar-refractivity contribution >= 4 is 33.5 Å². The number of carbonyl (C=O) groups is 2. The Bertz CT molecular complexity index is 1850. The molecule has 0 atom stereocenters. The number of fused-ring (bicyclic) bond motifs is 2. The molecule has 0 saturated heterocycles. The molecule has 0 N–H and O–H groups in total. The second-order valence-electron chi connectivity index (χ2n) is 11.6. The van der Waals surface area contributed by atoms with Gasteiger partial charge in [-0.1, -0.05) is 27.7 Å². The van der Waals surface area contributed by atoms with Crippen LogP contribution in [0.5, 0.6) is 0 Å². The Kier molecular flexibility index (Phi) is 8.44. The van der Waals surface area contributed by atoms with Gasteiger partial charge in [0.15, 0.2) is 0 Å². The topological polar surface area (TPSA) is 131 Å². The van der Waals surface area contributed by atoms with Gasteiger partial charge < -0.3 is 9.47 Å². The van der Waals surface area contributed by atoms with Gasteiger partial charge in [-0.15, -0.1) is 0 Å². The summed E-state index contributed by atoms with van der Waals surface area (Å²) in [7, 11) is 0. The van der Waals surface area contributed by atoms with Gasteiger partial charge in [0.1, 0.15) is 0 Å². The van der Waals surface area contributed by atoms with Gasteiger partial charge in [0.05, 0.1) is 57.3 Å². The van der Waals surface area contributed by atoms with Crippen LogP contribution in [0.25, 0.3) is 32.9 Å². The highest BCUT2D eigenvalue weighted by Crippen LogP contribution is 2.18. The average molecular weight is 597 g/mol. The Morgan fingerprint density at radius 2 is 0.841 bits per heavy atom. The molecule has 3 aromatic carbocycles. The largest absolute Gasteiger partial charge is 0.462 e. The second-order valence-corrected chi connectivity index (χ2v) is 11.6. The third kappa shape index (κ3) is 5.75. The molecule has 0 bridgehead atoms. The van der Waals surface area contributed by atoms with Crippen molar-refractivity contribution in [2.75, 3.05) is 13.2 Å². The molecule has 0 aliphatic carbocycles. The van der Waals surface area contributed by atoms with Crippen molar-refractivity contribution in [2.45, 2.75) is 40.5 Å². The Morgan fingerprint density at radius 3 is 1.11 bits per heavy atom. The number of carbonyl (C=O) groups excluding carboxylic acids is 2. The van der Waals surface area contributed by atoms with Crippen molar-refractivity contribution in [3.8, 4) is 11.4 Å². The minimum atomic E-state index is -0.654. The van der Waals surface area contributed by atoms with Crippen LogP contribution in [-0.2, 0) is 9.47 Å². The normalized spacial score (nSPS) is 11.6. The van der Waals surface area contributed by atoms with Gasteiger partial charge in [-0.2, -0.15) is 0 Å². The molecule has 0 radical (unpaired) electrons. The average Bonchev–Trinajstić information content (AvgIpc) is 3.39. The van der Waals surface area contributed by atoms with Gasteiger partial charge in [-0.05, 0) is 85.3 Å². The van der Waals surface area contributed by atoms with Crippen LogP contribution in [-0.4, -0.2) is 34.3 Å². The van der Waals surface area contributed by atoms with E-state index >= 15 is 0 Å². The molecule has 0 spiro atoms.